The van der Waals surface area contributed by atoms with Crippen molar-refractivity contribution in [2.45, 2.75) is 0 Å². The van der Waals surface area contributed by atoms with Crippen LogP contribution < -0.4 is 0 Å². The second-order valence-electron chi connectivity index (χ2n) is 5.01. The summed E-state index contributed by atoms with van der Waals surface area (Å²) in [7, 11) is 0. The summed E-state index contributed by atoms with van der Waals surface area (Å²) in [5.41, 5.74) is 0.993. The zero-order chi connectivity index (χ0) is 20.1. The fraction of sp³-hybridized carbons (Fsp3) is 0. The van der Waals surface area contributed by atoms with E-state index in [0.29, 0.717) is 16.7 Å². The predicted octanol–water partition coefficient (Wildman–Crippen LogP) is 4.15. The predicted molar refractivity (Wildman–Crippen MR) is 100 cm³/mol. The Balaban J connectivity index is 0.000000384. The normalized spacial score (nSPS) is 8.57. The van der Waals surface area contributed by atoms with Crippen LogP contribution in [-0.4, -0.2) is 33.2 Å². The van der Waals surface area contributed by atoms with Crippen molar-refractivity contribution in [1.82, 2.24) is 0 Å². The average molecular weight is 529 g/mol. The van der Waals surface area contributed by atoms with Gasteiger partial charge in [0.2, 0.25) is 0 Å². The summed E-state index contributed by atoms with van der Waals surface area (Å²) in [5, 5.41) is 25.2. The quantitative estimate of drug-likeness (QED) is 0.471. The minimum Gasteiger partial charge on any atom is -0.478 e. The van der Waals surface area contributed by atoms with Gasteiger partial charge >= 0.3 is 17.9 Å². The first-order valence-corrected chi connectivity index (χ1v) is 7.77. The van der Waals surface area contributed by atoms with Crippen LogP contribution in [0.2, 0.25) is 0 Å². The molecule has 0 unspecified atom stereocenters. The van der Waals surface area contributed by atoms with E-state index in [4.69, 9.17) is 15.3 Å². The monoisotopic (exact) mass is 530 g/mol. The van der Waals surface area contributed by atoms with Gasteiger partial charge in [-0.1, -0.05) is 54.6 Å². The fourth-order valence-corrected chi connectivity index (χ4v) is 1.74. The van der Waals surface area contributed by atoms with Gasteiger partial charge in [-0.2, -0.15) is 0 Å². The van der Waals surface area contributed by atoms with Crippen LogP contribution in [0.25, 0.3) is 0 Å². The summed E-state index contributed by atoms with van der Waals surface area (Å²) in [6.07, 6.45) is 0. The Kier molecular flexibility index (Phi) is 13.0. The Hall–Kier alpha value is -2.66. The molecule has 0 spiro atoms. The van der Waals surface area contributed by atoms with E-state index >= 15 is 0 Å². The second-order valence-corrected chi connectivity index (χ2v) is 5.01. The topological polar surface area (TPSA) is 112 Å². The Bertz CT molecular complexity index is 734. The van der Waals surface area contributed by atoms with Crippen LogP contribution in [0, 0.1) is 38.2 Å². The van der Waals surface area contributed by atoms with Gasteiger partial charge in [0.05, 0.1) is 16.7 Å². The molecular weight excluding hydrogens is 511 g/mol. The number of carboxylic acids is 3. The van der Waals surface area contributed by atoms with Crippen LogP contribution in [0.1, 0.15) is 31.1 Å². The Morgan fingerprint density at radius 1 is 0.429 bits per heavy atom. The molecular formula is C21H18DyO6. The van der Waals surface area contributed by atoms with Gasteiger partial charge in [0.15, 0.2) is 0 Å². The van der Waals surface area contributed by atoms with Crippen molar-refractivity contribution in [2.24, 2.45) is 0 Å². The van der Waals surface area contributed by atoms with E-state index in [1.54, 1.807) is 91.0 Å². The van der Waals surface area contributed by atoms with E-state index < -0.39 is 17.9 Å². The summed E-state index contributed by atoms with van der Waals surface area (Å²) < 4.78 is 0. The summed E-state index contributed by atoms with van der Waals surface area (Å²) in [4.78, 5) is 30.6. The van der Waals surface area contributed by atoms with Crippen LogP contribution in [0.3, 0.4) is 0 Å². The molecule has 0 saturated heterocycles. The SMILES string of the molecule is O=C(O)c1ccccc1.O=C(O)c1ccccc1.O=C(O)c1ccccc1.[Dy]. The minimum absolute atomic E-state index is 0. The maximum Gasteiger partial charge on any atom is 0.335 e. The molecule has 28 heavy (non-hydrogen) atoms. The molecule has 0 aliphatic carbocycles. The molecule has 6 nitrogen and oxygen atoms in total. The van der Waals surface area contributed by atoms with Crippen molar-refractivity contribution in [3.05, 3.63) is 108 Å². The zero-order valence-corrected chi connectivity index (χ0v) is 16.6. The molecule has 0 aliphatic rings. The van der Waals surface area contributed by atoms with Crippen molar-refractivity contribution in [2.75, 3.05) is 0 Å². The maximum atomic E-state index is 10.2. The minimum atomic E-state index is -0.879. The van der Waals surface area contributed by atoms with Crippen molar-refractivity contribution < 1.29 is 67.9 Å². The number of rotatable bonds is 3. The van der Waals surface area contributed by atoms with Crippen LogP contribution in [0.15, 0.2) is 91.0 Å². The Morgan fingerprint density at radius 2 is 0.607 bits per heavy atom. The summed E-state index contributed by atoms with van der Waals surface area (Å²) >= 11 is 0. The molecule has 3 rings (SSSR count). The van der Waals surface area contributed by atoms with Gasteiger partial charge in [-0.05, 0) is 36.4 Å². The van der Waals surface area contributed by atoms with Crippen LogP contribution >= 0.6 is 0 Å². The van der Waals surface area contributed by atoms with Gasteiger partial charge in [0.25, 0.3) is 0 Å². The van der Waals surface area contributed by atoms with E-state index in [0.717, 1.165) is 0 Å². The molecule has 7 heteroatoms. The van der Waals surface area contributed by atoms with Gasteiger partial charge < -0.3 is 15.3 Å². The van der Waals surface area contributed by atoms with E-state index in [1.165, 1.54) is 0 Å². The summed E-state index contributed by atoms with van der Waals surface area (Å²) in [6.45, 7) is 0. The zero-order valence-electron chi connectivity index (χ0n) is 14.5. The smallest absolute Gasteiger partial charge is 0.335 e. The Labute approximate surface area is 192 Å². The van der Waals surface area contributed by atoms with Crippen molar-refractivity contribution in [3.8, 4) is 0 Å². The fourth-order valence-electron chi connectivity index (χ4n) is 1.74. The van der Waals surface area contributed by atoms with Gasteiger partial charge in [-0.3, -0.25) is 0 Å². The van der Waals surface area contributed by atoms with E-state index in [9.17, 15) is 14.4 Å². The molecule has 3 aromatic carbocycles. The molecule has 0 bridgehead atoms. The number of carbonyl (C=O) groups is 3. The molecule has 0 radical (unpaired) electrons. The number of aromatic carboxylic acids is 3. The van der Waals surface area contributed by atoms with Gasteiger partial charge in [0.1, 0.15) is 0 Å². The van der Waals surface area contributed by atoms with Crippen molar-refractivity contribution in [1.29, 1.82) is 0 Å². The van der Waals surface area contributed by atoms with E-state index in [-0.39, 0.29) is 38.2 Å². The van der Waals surface area contributed by atoms with Gasteiger partial charge in [0, 0.05) is 38.2 Å². The third-order valence-corrected chi connectivity index (χ3v) is 3.06. The number of hydrogen-bond donors (Lipinski definition) is 3. The maximum absolute atomic E-state index is 10.2. The van der Waals surface area contributed by atoms with Crippen LogP contribution in [-0.2, 0) is 0 Å². The molecule has 0 atom stereocenters. The van der Waals surface area contributed by atoms with Gasteiger partial charge in [-0.25, -0.2) is 14.4 Å². The molecule has 0 aromatic heterocycles. The molecule has 148 valence electrons. The third kappa shape index (κ3) is 10.5. The van der Waals surface area contributed by atoms with E-state index in [2.05, 4.69) is 0 Å². The standard InChI is InChI=1S/3C7H6O2.Dy/c3*8-7(9)6-4-2-1-3-5-6;/h3*1-5H,(H,8,9);. The van der Waals surface area contributed by atoms with Crippen molar-refractivity contribution in [3.63, 3.8) is 0 Å². The average Bonchev–Trinajstić information content (AvgIpc) is 2.71. The van der Waals surface area contributed by atoms with Crippen LogP contribution in [0.4, 0.5) is 0 Å². The Morgan fingerprint density at radius 3 is 0.714 bits per heavy atom. The molecule has 0 saturated carbocycles. The second kappa shape index (κ2) is 14.4. The molecule has 0 heterocycles. The first kappa shape index (κ1) is 25.3. The van der Waals surface area contributed by atoms with E-state index in [1.807, 2.05) is 0 Å². The van der Waals surface area contributed by atoms with Crippen molar-refractivity contribution >= 4 is 17.9 Å². The number of benzene rings is 3. The largest absolute Gasteiger partial charge is 0.478 e. The van der Waals surface area contributed by atoms with Gasteiger partial charge in [-0.15, -0.1) is 0 Å². The molecule has 0 fully saturated rings. The summed E-state index contributed by atoms with van der Waals surface area (Å²) in [6, 6.07) is 24.9. The first-order valence-electron chi connectivity index (χ1n) is 7.77. The molecule has 3 aromatic rings. The number of hydrogen-bond acceptors (Lipinski definition) is 3. The van der Waals surface area contributed by atoms with Crippen LogP contribution in [0.5, 0.6) is 0 Å². The molecule has 3 N–H and O–H groups in total. The first-order chi connectivity index (χ1) is 12.9. The molecule has 0 aliphatic heterocycles. The summed E-state index contributed by atoms with van der Waals surface area (Å²) in [5.74, 6) is -2.64. The third-order valence-electron chi connectivity index (χ3n) is 3.06. The molecule has 0 amide bonds. The number of carboxylic acid groups (broad SMARTS) is 3.